The summed E-state index contributed by atoms with van der Waals surface area (Å²) in [4.78, 5) is 16.4. The molecular formula is C21H28N4S2. The molecule has 144 valence electrons. The van der Waals surface area contributed by atoms with Gasteiger partial charge in [0.1, 0.15) is 0 Å². The van der Waals surface area contributed by atoms with Gasteiger partial charge in [-0.3, -0.25) is 9.97 Å². The molecule has 0 aliphatic rings. The molecule has 0 spiro atoms. The van der Waals surface area contributed by atoms with Crippen LogP contribution in [0.3, 0.4) is 0 Å². The molecule has 0 aliphatic heterocycles. The van der Waals surface area contributed by atoms with Crippen molar-refractivity contribution < 1.29 is 0 Å². The number of benzene rings is 1. The average Bonchev–Trinajstić information content (AvgIpc) is 2.62. The Morgan fingerprint density at radius 2 is 1.22 bits per heavy atom. The molecule has 0 saturated carbocycles. The standard InChI is InChI=1S/C21H28N4S2/c1-15-20-16(18(6-8-22-20)26-12-10-24(2)3)14-17-19(7-9-23-21(15)17)27-13-11-25(4)5/h6-9,14H,10-13H2,1-5H3. The highest BCUT2D eigenvalue weighted by Gasteiger charge is 2.13. The Hall–Kier alpha value is -1.34. The summed E-state index contributed by atoms with van der Waals surface area (Å²) in [5, 5.41) is 2.49. The Bertz CT molecular complexity index is 853. The first-order chi connectivity index (χ1) is 13.0. The zero-order valence-electron chi connectivity index (χ0n) is 16.8. The lowest BCUT2D eigenvalue weighted by molar-refractivity contribution is 0.437. The highest BCUT2D eigenvalue weighted by Crippen LogP contribution is 2.35. The molecule has 0 aliphatic carbocycles. The zero-order chi connectivity index (χ0) is 19.4. The van der Waals surface area contributed by atoms with Gasteiger partial charge in [0, 0.05) is 63.1 Å². The molecule has 0 amide bonds. The molecule has 0 N–H and O–H groups in total. The third-order valence-electron chi connectivity index (χ3n) is 4.49. The lowest BCUT2D eigenvalue weighted by atomic mass is 10.1. The molecule has 4 nitrogen and oxygen atoms in total. The Morgan fingerprint density at radius 1 is 0.778 bits per heavy atom. The van der Waals surface area contributed by atoms with Crippen molar-refractivity contribution in [2.24, 2.45) is 0 Å². The number of nitrogens with zero attached hydrogens (tertiary/aromatic N) is 4. The summed E-state index contributed by atoms with van der Waals surface area (Å²) >= 11 is 3.82. The predicted molar refractivity (Wildman–Crippen MR) is 120 cm³/mol. The maximum atomic E-state index is 4.67. The van der Waals surface area contributed by atoms with E-state index in [2.05, 4.69) is 73.1 Å². The maximum absolute atomic E-state index is 4.67. The fourth-order valence-electron chi connectivity index (χ4n) is 2.97. The van der Waals surface area contributed by atoms with Crippen LogP contribution >= 0.6 is 23.5 Å². The highest BCUT2D eigenvalue weighted by molar-refractivity contribution is 7.99. The number of fused-ring (bicyclic) bond motifs is 2. The molecule has 3 aromatic rings. The van der Waals surface area contributed by atoms with Crippen LogP contribution in [0.5, 0.6) is 0 Å². The molecule has 0 radical (unpaired) electrons. The molecular weight excluding hydrogens is 372 g/mol. The van der Waals surface area contributed by atoms with Crippen LogP contribution in [0, 0.1) is 6.92 Å². The summed E-state index contributed by atoms with van der Waals surface area (Å²) in [5.41, 5.74) is 3.31. The van der Waals surface area contributed by atoms with E-state index < -0.39 is 0 Å². The molecule has 0 unspecified atom stereocenters. The van der Waals surface area contributed by atoms with Gasteiger partial charge in [-0.15, -0.1) is 23.5 Å². The molecule has 0 fully saturated rings. The van der Waals surface area contributed by atoms with E-state index in [1.165, 1.54) is 26.1 Å². The smallest absolute Gasteiger partial charge is 0.0764 e. The van der Waals surface area contributed by atoms with E-state index in [-0.39, 0.29) is 0 Å². The molecule has 2 heterocycles. The quantitative estimate of drug-likeness (QED) is 0.412. The molecule has 6 heteroatoms. The third-order valence-corrected chi connectivity index (χ3v) is 6.60. The van der Waals surface area contributed by atoms with Crippen LogP contribution in [0.25, 0.3) is 21.8 Å². The third kappa shape index (κ3) is 4.93. The summed E-state index contributed by atoms with van der Waals surface area (Å²) in [7, 11) is 8.47. The highest BCUT2D eigenvalue weighted by atomic mass is 32.2. The van der Waals surface area contributed by atoms with E-state index in [1.54, 1.807) is 0 Å². The van der Waals surface area contributed by atoms with Crippen molar-refractivity contribution in [1.29, 1.82) is 0 Å². The van der Waals surface area contributed by atoms with E-state index in [9.17, 15) is 0 Å². The first kappa shape index (κ1) is 20.4. The van der Waals surface area contributed by atoms with Gasteiger partial charge in [0.2, 0.25) is 0 Å². The average molecular weight is 401 g/mol. The minimum atomic E-state index is 1.06. The van der Waals surface area contributed by atoms with Crippen molar-refractivity contribution in [3.8, 4) is 0 Å². The summed E-state index contributed by atoms with van der Waals surface area (Å²) in [6.45, 7) is 4.27. The minimum absolute atomic E-state index is 1.06. The molecule has 2 aromatic heterocycles. The number of thioether (sulfide) groups is 2. The molecule has 0 atom stereocenters. The van der Waals surface area contributed by atoms with Gasteiger partial charge in [-0.1, -0.05) is 0 Å². The van der Waals surface area contributed by atoms with E-state index in [0.717, 1.165) is 35.6 Å². The van der Waals surface area contributed by atoms with Crippen LogP contribution in [0.1, 0.15) is 5.56 Å². The molecule has 3 rings (SSSR count). The Labute approximate surface area is 170 Å². The number of hydrogen-bond acceptors (Lipinski definition) is 6. The number of aromatic nitrogens is 2. The summed E-state index contributed by atoms with van der Waals surface area (Å²) in [5.74, 6) is 2.14. The SMILES string of the molecule is Cc1c2nccc(SCCN(C)C)c2cc2c(SCCN(C)C)ccnc12. The van der Waals surface area contributed by atoms with Crippen molar-refractivity contribution in [3.05, 3.63) is 36.2 Å². The van der Waals surface area contributed by atoms with Gasteiger partial charge >= 0.3 is 0 Å². The van der Waals surface area contributed by atoms with E-state index >= 15 is 0 Å². The van der Waals surface area contributed by atoms with Crippen LogP contribution in [0.4, 0.5) is 0 Å². The topological polar surface area (TPSA) is 32.3 Å². The van der Waals surface area contributed by atoms with Crippen LogP contribution < -0.4 is 0 Å². The fraction of sp³-hybridized carbons (Fsp3) is 0.429. The van der Waals surface area contributed by atoms with E-state index in [4.69, 9.17) is 0 Å². The molecule has 1 aromatic carbocycles. The van der Waals surface area contributed by atoms with Gasteiger partial charge in [-0.05, 0) is 53.3 Å². The van der Waals surface area contributed by atoms with Crippen molar-refractivity contribution in [1.82, 2.24) is 19.8 Å². The van der Waals surface area contributed by atoms with Gasteiger partial charge in [0.05, 0.1) is 11.0 Å². The Morgan fingerprint density at radius 3 is 1.63 bits per heavy atom. The summed E-state index contributed by atoms with van der Waals surface area (Å²) in [6, 6.07) is 6.58. The van der Waals surface area contributed by atoms with Gasteiger partial charge in [0.15, 0.2) is 0 Å². The van der Waals surface area contributed by atoms with Gasteiger partial charge in [-0.25, -0.2) is 0 Å². The summed E-state index contributed by atoms with van der Waals surface area (Å²) in [6.07, 6.45) is 3.85. The normalized spacial score (nSPS) is 12.0. The Balaban J connectivity index is 2.02. The summed E-state index contributed by atoms with van der Waals surface area (Å²) < 4.78 is 0. The van der Waals surface area contributed by atoms with Crippen molar-refractivity contribution in [3.63, 3.8) is 0 Å². The van der Waals surface area contributed by atoms with Crippen LogP contribution in [0.15, 0.2) is 40.4 Å². The van der Waals surface area contributed by atoms with Gasteiger partial charge in [-0.2, -0.15) is 0 Å². The number of pyridine rings is 2. The van der Waals surface area contributed by atoms with Gasteiger partial charge in [0.25, 0.3) is 0 Å². The predicted octanol–water partition coefficient (Wildman–Crippen LogP) is 4.40. The maximum Gasteiger partial charge on any atom is 0.0764 e. The lowest BCUT2D eigenvalue weighted by Gasteiger charge is -2.14. The molecule has 0 bridgehead atoms. The van der Waals surface area contributed by atoms with E-state index in [0.29, 0.717) is 0 Å². The van der Waals surface area contributed by atoms with Gasteiger partial charge < -0.3 is 9.80 Å². The second kappa shape index (κ2) is 9.24. The monoisotopic (exact) mass is 400 g/mol. The number of aryl methyl sites for hydroxylation is 1. The number of hydrogen-bond donors (Lipinski definition) is 0. The first-order valence-corrected chi connectivity index (χ1v) is 11.2. The molecule has 0 saturated heterocycles. The lowest BCUT2D eigenvalue weighted by Crippen LogP contribution is -2.14. The fourth-order valence-corrected chi connectivity index (χ4v) is 5.26. The zero-order valence-corrected chi connectivity index (χ0v) is 18.5. The Kier molecular flexibility index (Phi) is 6.98. The van der Waals surface area contributed by atoms with Crippen LogP contribution in [-0.2, 0) is 0 Å². The van der Waals surface area contributed by atoms with Crippen molar-refractivity contribution in [2.75, 3.05) is 52.8 Å². The minimum Gasteiger partial charge on any atom is -0.309 e. The second-order valence-corrected chi connectivity index (χ2v) is 9.49. The van der Waals surface area contributed by atoms with Crippen molar-refractivity contribution in [2.45, 2.75) is 16.7 Å². The van der Waals surface area contributed by atoms with Crippen LogP contribution in [-0.4, -0.2) is 72.6 Å². The second-order valence-electron chi connectivity index (χ2n) is 7.22. The van der Waals surface area contributed by atoms with Crippen molar-refractivity contribution >= 4 is 45.3 Å². The molecule has 27 heavy (non-hydrogen) atoms. The number of rotatable bonds is 8. The largest absolute Gasteiger partial charge is 0.309 e. The van der Waals surface area contributed by atoms with E-state index in [1.807, 2.05) is 35.9 Å². The van der Waals surface area contributed by atoms with Crippen LogP contribution in [0.2, 0.25) is 0 Å². The first-order valence-electron chi connectivity index (χ1n) is 9.19.